The van der Waals surface area contributed by atoms with Gasteiger partial charge < -0.3 is 33.8 Å². The number of phosphoric ester groups is 2. The lowest BCUT2D eigenvalue weighted by Gasteiger charge is -2.21. The molecule has 19 heteroatoms. The average molecular weight is 1510 g/mol. The highest BCUT2D eigenvalue weighted by Gasteiger charge is 2.30. The predicted octanol–water partition coefficient (Wildman–Crippen LogP) is 25.6. The molecule has 0 aliphatic heterocycles. The summed E-state index contributed by atoms with van der Waals surface area (Å²) < 4.78 is 68.7. The van der Waals surface area contributed by atoms with E-state index in [0.717, 1.165) is 102 Å². The number of unbranched alkanes of at least 4 members (excludes halogenated alkanes) is 55. The maximum Gasteiger partial charge on any atom is 0.472 e. The molecule has 3 unspecified atom stereocenters. The van der Waals surface area contributed by atoms with E-state index >= 15 is 0 Å². The third-order valence-corrected chi connectivity index (χ3v) is 22.0. The summed E-state index contributed by atoms with van der Waals surface area (Å²) >= 11 is 0. The van der Waals surface area contributed by atoms with Crippen LogP contribution in [0.2, 0.25) is 0 Å². The topological polar surface area (TPSA) is 237 Å². The summed E-state index contributed by atoms with van der Waals surface area (Å²) in [6.07, 6.45) is 69.8. The third-order valence-electron chi connectivity index (χ3n) is 20.1. The fourth-order valence-electron chi connectivity index (χ4n) is 13.1. The van der Waals surface area contributed by atoms with E-state index in [9.17, 15) is 43.2 Å². The lowest BCUT2D eigenvalue weighted by Crippen LogP contribution is -2.30. The van der Waals surface area contributed by atoms with E-state index in [0.29, 0.717) is 25.7 Å². The number of hydrogen-bond acceptors (Lipinski definition) is 15. The van der Waals surface area contributed by atoms with Crippen LogP contribution in [0.5, 0.6) is 0 Å². The summed E-state index contributed by atoms with van der Waals surface area (Å²) in [5, 5.41) is 10.6. The second-order valence-electron chi connectivity index (χ2n) is 30.5. The molecule has 103 heavy (non-hydrogen) atoms. The minimum atomic E-state index is -4.96. The molecule has 0 fully saturated rings. The molecule has 0 aromatic heterocycles. The van der Waals surface area contributed by atoms with Gasteiger partial charge in [0.15, 0.2) is 12.2 Å². The first kappa shape index (κ1) is 101. The SMILES string of the molecule is CCCCCCCCCCCCCCCCCCCCCCCCC(=O)O[C@H](COC(=O)CCCCCCCCCCCCCCCCCCCCCCC)COP(=O)(O)OC[C@@H](O)COP(=O)(O)OC[C@@H](COC(=O)CCCCCCCCCC)OC(=O)CCCCCCCCCCC(C)CC. The maximum absolute atomic E-state index is 13.1. The van der Waals surface area contributed by atoms with Gasteiger partial charge in [-0.05, 0) is 31.6 Å². The molecule has 0 rings (SSSR count). The summed E-state index contributed by atoms with van der Waals surface area (Å²) in [4.78, 5) is 73.0. The van der Waals surface area contributed by atoms with Gasteiger partial charge in [0, 0.05) is 25.7 Å². The first-order valence-electron chi connectivity index (χ1n) is 43.7. The number of aliphatic hydroxyl groups is 1. The van der Waals surface area contributed by atoms with Crippen LogP contribution in [-0.2, 0) is 65.4 Å². The molecule has 0 aliphatic carbocycles. The second kappa shape index (κ2) is 76.8. The van der Waals surface area contributed by atoms with Crippen LogP contribution in [0.25, 0.3) is 0 Å². The Kier molecular flexibility index (Phi) is 75.4. The van der Waals surface area contributed by atoms with Crippen LogP contribution >= 0.6 is 15.6 Å². The molecule has 6 atom stereocenters. The molecule has 0 saturated carbocycles. The largest absolute Gasteiger partial charge is 0.472 e. The van der Waals surface area contributed by atoms with Crippen molar-refractivity contribution in [3.05, 3.63) is 0 Å². The standard InChI is InChI=1S/C84H164O17P2/c1-6-10-13-16-19-22-24-26-28-30-32-34-36-38-40-42-44-46-48-54-59-64-69-83(88)100-80(74-95-82(87)68-63-58-53-47-45-43-41-39-37-35-33-31-29-27-25-23-20-17-14-11-7-2)76-99-103(92,93)97-72-78(85)71-96-102(90,91)98-75-79(73-94-81(86)67-62-57-52-21-18-15-12-8-3)101-84(89)70-65-60-55-50-49-51-56-61-66-77(5)9-4/h77-80,85H,6-76H2,1-5H3,(H,90,91)(H,92,93)/t77?,78-,79+,80+/m0/s1. The molecule has 0 spiro atoms. The van der Waals surface area contributed by atoms with Gasteiger partial charge >= 0.3 is 39.5 Å². The van der Waals surface area contributed by atoms with Gasteiger partial charge in [-0.1, -0.05) is 401 Å². The minimum Gasteiger partial charge on any atom is -0.462 e. The summed E-state index contributed by atoms with van der Waals surface area (Å²) in [5.41, 5.74) is 0. The Balaban J connectivity index is 5.16. The monoisotopic (exact) mass is 1510 g/mol. The fourth-order valence-corrected chi connectivity index (χ4v) is 14.7. The van der Waals surface area contributed by atoms with Crippen molar-refractivity contribution in [2.24, 2.45) is 5.92 Å². The van der Waals surface area contributed by atoms with Crippen LogP contribution in [0, 0.1) is 5.92 Å². The number of carbonyl (C=O) groups is 4. The van der Waals surface area contributed by atoms with Gasteiger partial charge in [0.1, 0.15) is 19.3 Å². The number of rotatable bonds is 84. The van der Waals surface area contributed by atoms with Gasteiger partial charge in [0.2, 0.25) is 0 Å². The number of hydrogen-bond donors (Lipinski definition) is 3. The van der Waals surface area contributed by atoms with Crippen LogP contribution in [0.3, 0.4) is 0 Å². The van der Waals surface area contributed by atoms with Crippen molar-refractivity contribution in [1.29, 1.82) is 0 Å². The zero-order chi connectivity index (χ0) is 75.5. The van der Waals surface area contributed by atoms with Crippen molar-refractivity contribution in [2.45, 2.75) is 470 Å². The van der Waals surface area contributed by atoms with E-state index in [4.69, 9.17) is 37.0 Å². The van der Waals surface area contributed by atoms with Crippen LogP contribution in [0.4, 0.5) is 0 Å². The van der Waals surface area contributed by atoms with E-state index < -0.39 is 97.5 Å². The van der Waals surface area contributed by atoms with Gasteiger partial charge in [0.05, 0.1) is 26.4 Å². The molecule has 0 amide bonds. The average Bonchev–Trinajstić information content (AvgIpc) is 0.920. The number of ether oxygens (including phenoxy) is 4. The van der Waals surface area contributed by atoms with Crippen LogP contribution in [0.15, 0.2) is 0 Å². The van der Waals surface area contributed by atoms with Crippen LogP contribution < -0.4 is 0 Å². The molecule has 612 valence electrons. The molecule has 3 N–H and O–H groups in total. The van der Waals surface area contributed by atoms with E-state index in [1.807, 2.05) is 0 Å². The van der Waals surface area contributed by atoms with E-state index in [1.165, 1.54) is 270 Å². The Labute approximate surface area is 632 Å². The van der Waals surface area contributed by atoms with Gasteiger partial charge in [-0.15, -0.1) is 0 Å². The first-order chi connectivity index (χ1) is 50.1. The summed E-state index contributed by atoms with van der Waals surface area (Å²) in [5.74, 6) is -1.34. The van der Waals surface area contributed by atoms with Crippen molar-refractivity contribution in [3.63, 3.8) is 0 Å². The van der Waals surface area contributed by atoms with Crippen molar-refractivity contribution >= 4 is 39.5 Å². The molecular weight excluding hydrogens is 1340 g/mol. The van der Waals surface area contributed by atoms with Gasteiger partial charge in [-0.3, -0.25) is 37.3 Å². The molecule has 0 saturated heterocycles. The van der Waals surface area contributed by atoms with Crippen molar-refractivity contribution in [1.82, 2.24) is 0 Å². The Morgan fingerprint density at radius 3 is 0.689 bits per heavy atom. The van der Waals surface area contributed by atoms with Crippen molar-refractivity contribution < 1.29 is 80.2 Å². The Hall–Kier alpha value is -1.94. The Bertz CT molecular complexity index is 1960. The third kappa shape index (κ3) is 76.6. The second-order valence-corrected chi connectivity index (χ2v) is 33.4. The summed E-state index contributed by atoms with van der Waals surface area (Å²) in [7, 11) is -9.92. The number of phosphoric acid groups is 2. The highest BCUT2D eigenvalue weighted by Crippen LogP contribution is 2.45. The number of aliphatic hydroxyl groups excluding tert-OH is 1. The van der Waals surface area contributed by atoms with Gasteiger partial charge in [-0.2, -0.15) is 0 Å². The summed E-state index contributed by atoms with van der Waals surface area (Å²) in [6, 6.07) is 0. The predicted molar refractivity (Wildman–Crippen MR) is 423 cm³/mol. The minimum absolute atomic E-state index is 0.105. The van der Waals surface area contributed by atoms with Gasteiger partial charge in [0.25, 0.3) is 0 Å². The molecule has 0 radical (unpaired) electrons. The molecule has 17 nitrogen and oxygen atoms in total. The van der Waals surface area contributed by atoms with Crippen molar-refractivity contribution in [3.8, 4) is 0 Å². The number of carbonyl (C=O) groups excluding carboxylic acids is 4. The molecule has 0 heterocycles. The highest BCUT2D eigenvalue weighted by atomic mass is 31.2. The van der Waals surface area contributed by atoms with E-state index in [2.05, 4.69) is 34.6 Å². The summed E-state index contributed by atoms with van der Waals surface area (Å²) in [6.45, 7) is 7.30. The zero-order valence-corrected chi connectivity index (χ0v) is 69.3. The molecule has 0 bridgehead atoms. The van der Waals surface area contributed by atoms with E-state index in [1.54, 1.807) is 0 Å². The maximum atomic E-state index is 13.1. The highest BCUT2D eigenvalue weighted by molar-refractivity contribution is 7.47. The Morgan fingerprint density at radius 1 is 0.272 bits per heavy atom. The normalized spacial score (nSPS) is 14.1. The molecular formula is C84H164O17P2. The van der Waals surface area contributed by atoms with Gasteiger partial charge in [-0.25, -0.2) is 9.13 Å². The first-order valence-corrected chi connectivity index (χ1v) is 46.7. The lowest BCUT2D eigenvalue weighted by molar-refractivity contribution is -0.161. The fraction of sp³-hybridized carbons (Fsp3) is 0.952. The Morgan fingerprint density at radius 2 is 0.466 bits per heavy atom. The lowest BCUT2D eigenvalue weighted by atomic mass is 9.99. The van der Waals surface area contributed by atoms with Crippen molar-refractivity contribution in [2.75, 3.05) is 39.6 Å². The van der Waals surface area contributed by atoms with E-state index in [-0.39, 0.29) is 25.7 Å². The van der Waals surface area contributed by atoms with Crippen LogP contribution in [-0.4, -0.2) is 96.7 Å². The molecule has 0 aliphatic rings. The molecule has 0 aromatic carbocycles. The zero-order valence-electron chi connectivity index (χ0n) is 67.5. The molecule has 0 aromatic rings. The number of esters is 4. The quantitative estimate of drug-likeness (QED) is 0.0222. The smallest absolute Gasteiger partial charge is 0.462 e. The van der Waals surface area contributed by atoms with Crippen LogP contribution in [0.1, 0.15) is 452 Å².